The molecule has 0 saturated heterocycles. The van der Waals surface area contributed by atoms with Crippen molar-refractivity contribution >= 4 is 33.9 Å². The highest BCUT2D eigenvalue weighted by molar-refractivity contribution is 6.28. The molecule has 1 fully saturated rings. The van der Waals surface area contributed by atoms with E-state index in [-0.39, 0.29) is 5.88 Å². The van der Waals surface area contributed by atoms with Gasteiger partial charge in [0, 0.05) is 5.39 Å². The van der Waals surface area contributed by atoms with Gasteiger partial charge in [0.2, 0.25) is 0 Å². The molecule has 1 saturated carbocycles. The summed E-state index contributed by atoms with van der Waals surface area (Å²) < 4.78 is 0. The zero-order chi connectivity index (χ0) is 12.5. The van der Waals surface area contributed by atoms with Gasteiger partial charge in [-0.15, -0.1) is 11.6 Å². The minimum absolute atomic E-state index is 0.263. The van der Waals surface area contributed by atoms with Gasteiger partial charge in [0.25, 0.3) is 0 Å². The molecule has 0 radical (unpaired) electrons. The second-order valence-electron chi connectivity index (χ2n) is 4.73. The maximum Gasteiger partial charge on any atom is 0.115 e. The molecule has 0 aromatic heterocycles. The molecule has 0 amide bonds. The van der Waals surface area contributed by atoms with Crippen LogP contribution in [0, 0.1) is 0 Å². The van der Waals surface area contributed by atoms with E-state index in [1.54, 1.807) is 0 Å². The molecule has 2 N–H and O–H groups in total. The molecule has 3 heteroatoms. The maximum absolute atomic E-state index is 5.72. The highest BCUT2D eigenvalue weighted by atomic mass is 35.5. The molecule has 0 spiro atoms. The van der Waals surface area contributed by atoms with E-state index in [1.165, 1.54) is 23.8 Å². The van der Waals surface area contributed by atoms with Crippen LogP contribution < -0.4 is 5.73 Å². The third kappa shape index (κ3) is 2.08. The molecule has 3 rings (SSSR count). The van der Waals surface area contributed by atoms with Crippen LogP contribution in [0.2, 0.25) is 0 Å². The normalized spacial score (nSPS) is 16.2. The van der Waals surface area contributed by atoms with Crippen molar-refractivity contribution in [3.63, 3.8) is 0 Å². The average Bonchev–Trinajstić information content (AvgIpc) is 3.23. The summed E-state index contributed by atoms with van der Waals surface area (Å²) in [7, 11) is 0. The standard InChI is InChI=1S/C15H15ClN2/c16-9-15(17)18-14-8-7-11(10-5-6-10)12-3-1-2-4-13(12)14/h1-4,7-8,10H,5-6,9H2,(H2,17,18). The summed E-state index contributed by atoms with van der Waals surface area (Å²) in [4.78, 5) is 4.39. The van der Waals surface area contributed by atoms with Crippen LogP contribution in [-0.4, -0.2) is 11.7 Å². The van der Waals surface area contributed by atoms with Crippen LogP contribution in [0.15, 0.2) is 41.4 Å². The van der Waals surface area contributed by atoms with Crippen LogP contribution in [0.25, 0.3) is 10.8 Å². The number of hydrogen-bond acceptors (Lipinski definition) is 1. The molecule has 0 heterocycles. The Balaban J connectivity index is 2.19. The summed E-state index contributed by atoms with van der Waals surface area (Å²) in [5.41, 5.74) is 8.07. The van der Waals surface area contributed by atoms with E-state index < -0.39 is 0 Å². The van der Waals surface area contributed by atoms with E-state index in [1.807, 2.05) is 6.07 Å². The predicted molar refractivity (Wildman–Crippen MR) is 77.9 cm³/mol. The number of aliphatic imine (C=N–C) groups is 1. The molecule has 1 aliphatic carbocycles. The van der Waals surface area contributed by atoms with Crippen LogP contribution in [0.4, 0.5) is 5.69 Å². The Morgan fingerprint density at radius 3 is 2.56 bits per heavy atom. The van der Waals surface area contributed by atoms with Crippen molar-refractivity contribution in [2.75, 3.05) is 5.88 Å². The summed E-state index contributed by atoms with van der Waals surface area (Å²) >= 11 is 5.69. The topological polar surface area (TPSA) is 38.4 Å². The van der Waals surface area contributed by atoms with Gasteiger partial charge in [-0.25, -0.2) is 4.99 Å². The molecule has 2 aromatic rings. The summed E-state index contributed by atoms with van der Waals surface area (Å²) in [6.45, 7) is 0. The number of fused-ring (bicyclic) bond motifs is 1. The monoisotopic (exact) mass is 258 g/mol. The number of nitrogens with two attached hydrogens (primary N) is 1. The molecule has 2 aromatic carbocycles. The first-order valence-electron chi connectivity index (χ1n) is 6.20. The first-order chi connectivity index (χ1) is 8.79. The van der Waals surface area contributed by atoms with Crippen LogP contribution in [0.3, 0.4) is 0 Å². The van der Waals surface area contributed by atoms with Gasteiger partial charge in [0.1, 0.15) is 5.84 Å². The lowest BCUT2D eigenvalue weighted by molar-refractivity contribution is 1.15. The second kappa shape index (κ2) is 4.62. The zero-order valence-corrected chi connectivity index (χ0v) is 10.8. The third-order valence-electron chi connectivity index (χ3n) is 3.35. The minimum Gasteiger partial charge on any atom is -0.386 e. The van der Waals surface area contributed by atoms with Crippen LogP contribution in [-0.2, 0) is 0 Å². The van der Waals surface area contributed by atoms with Crippen molar-refractivity contribution in [2.24, 2.45) is 10.7 Å². The number of benzene rings is 2. The van der Waals surface area contributed by atoms with Crippen molar-refractivity contribution in [1.29, 1.82) is 0 Å². The molecule has 92 valence electrons. The lowest BCUT2D eigenvalue weighted by atomic mass is 10.00. The summed E-state index contributed by atoms with van der Waals surface area (Å²) in [5, 5.41) is 2.46. The van der Waals surface area contributed by atoms with Crippen molar-refractivity contribution in [3.8, 4) is 0 Å². The minimum atomic E-state index is 0.263. The highest BCUT2D eigenvalue weighted by Gasteiger charge is 2.25. The maximum atomic E-state index is 5.72. The molecule has 0 atom stereocenters. The summed E-state index contributed by atoms with van der Waals surface area (Å²) in [6.07, 6.45) is 2.60. The Hall–Kier alpha value is -1.54. The van der Waals surface area contributed by atoms with E-state index in [0.717, 1.165) is 17.0 Å². The van der Waals surface area contributed by atoms with Gasteiger partial charge in [-0.2, -0.15) is 0 Å². The van der Waals surface area contributed by atoms with Crippen LogP contribution in [0.5, 0.6) is 0 Å². The molecular formula is C15H15ClN2. The first-order valence-corrected chi connectivity index (χ1v) is 6.73. The van der Waals surface area contributed by atoms with E-state index in [2.05, 4.69) is 35.3 Å². The third-order valence-corrected chi connectivity index (χ3v) is 3.63. The smallest absolute Gasteiger partial charge is 0.115 e. The van der Waals surface area contributed by atoms with E-state index in [9.17, 15) is 0 Å². The van der Waals surface area contributed by atoms with E-state index in [0.29, 0.717) is 5.84 Å². The zero-order valence-electron chi connectivity index (χ0n) is 10.1. The second-order valence-corrected chi connectivity index (χ2v) is 5.00. The Kier molecular flexibility index (Phi) is 2.96. The summed E-state index contributed by atoms with van der Waals surface area (Å²) in [5.74, 6) is 1.46. The number of hydrogen-bond donors (Lipinski definition) is 1. The molecule has 0 bridgehead atoms. The van der Waals surface area contributed by atoms with Gasteiger partial charge >= 0.3 is 0 Å². The fourth-order valence-electron chi connectivity index (χ4n) is 2.34. The Bertz CT molecular complexity index is 615. The number of amidine groups is 1. The number of rotatable bonds is 3. The lowest BCUT2D eigenvalue weighted by Gasteiger charge is -2.08. The largest absolute Gasteiger partial charge is 0.386 e. The number of nitrogens with zero attached hydrogens (tertiary/aromatic N) is 1. The Morgan fingerprint density at radius 1 is 1.17 bits per heavy atom. The molecule has 0 unspecified atom stereocenters. The molecule has 1 aliphatic rings. The predicted octanol–water partition coefficient (Wildman–Crippen LogP) is 3.94. The fourth-order valence-corrected chi connectivity index (χ4v) is 2.40. The van der Waals surface area contributed by atoms with Gasteiger partial charge in [-0.1, -0.05) is 30.3 Å². The van der Waals surface area contributed by atoms with E-state index in [4.69, 9.17) is 17.3 Å². The SMILES string of the molecule is NC(CCl)=Nc1ccc(C2CC2)c2ccccc12. The van der Waals surface area contributed by atoms with Gasteiger partial charge in [-0.3, -0.25) is 0 Å². The number of halogens is 1. The highest BCUT2D eigenvalue weighted by Crippen LogP contribution is 2.44. The van der Waals surface area contributed by atoms with Gasteiger partial charge in [0.05, 0.1) is 11.6 Å². The Morgan fingerprint density at radius 2 is 1.89 bits per heavy atom. The van der Waals surface area contributed by atoms with Crippen molar-refractivity contribution in [3.05, 3.63) is 42.0 Å². The van der Waals surface area contributed by atoms with Crippen molar-refractivity contribution in [1.82, 2.24) is 0 Å². The van der Waals surface area contributed by atoms with E-state index >= 15 is 0 Å². The van der Waals surface area contributed by atoms with Crippen molar-refractivity contribution in [2.45, 2.75) is 18.8 Å². The fraction of sp³-hybridized carbons (Fsp3) is 0.267. The van der Waals surface area contributed by atoms with Crippen LogP contribution in [0.1, 0.15) is 24.3 Å². The lowest BCUT2D eigenvalue weighted by Crippen LogP contribution is -2.12. The van der Waals surface area contributed by atoms with Gasteiger partial charge in [-0.05, 0) is 35.8 Å². The van der Waals surface area contributed by atoms with Crippen molar-refractivity contribution < 1.29 is 0 Å². The van der Waals surface area contributed by atoms with Crippen LogP contribution >= 0.6 is 11.6 Å². The summed E-state index contributed by atoms with van der Waals surface area (Å²) in [6, 6.07) is 12.6. The van der Waals surface area contributed by atoms with Gasteiger partial charge in [0.15, 0.2) is 0 Å². The average molecular weight is 259 g/mol. The molecule has 0 aliphatic heterocycles. The van der Waals surface area contributed by atoms with Gasteiger partial charge < -0.3 is 5.73 Å². The quantitative estimate of drug-likeness (QED) is 0.505. The molecular weight excluding hydrogens is 244 g/mol. The number of alkyl halides is 1. The Labute approximate surface area is 111 Å². The molecule has 2 nitrogen and oxygen atoms in total. The first kappa shape index (κ1) is 11.5. The molecule has 18 heavy (non-hydrogen) atoms.